The van der Waals surface area contributed by atoms with E-state index in [2.05, 4.69) is 14.9 Å². The van der Waals surface area contributed by atoms with E-state index in [4.69, 9.17) is 4.98 Å². The molecular formula is C18H25N5. The molecule has 0 bridgehead atoms. The molecule has 23 heavy (non-hydrogen) atoms. The lowest BCUT2D eigenvalue weighted by atomic mass is 9.91. The molecule has 0 N–H and O–H groups in total. The Hall–Kier alpha value is -1.75. The van der Waals surface area contributed by atoms with Crippen LogP contribution in [0.5, 0.6) is 0 Å². The van der Waals surface area contributed by atoms with Crippen LogP contribution in [0.15, 0.2) is 24.9 Å². The molecule has 5 nitrogen and oxygen atoms in total. The fraction of sp³-hybridized carbons (Fsp3) is 0.611. The smallest absolute Gasteiger partial charge is 0.110 e. The van der Waals surface area contributed by atoms with E-state index in [1.54, 1.807) is 6.20 Å². The Morgan fingerprint density at radius 1 is 1.04 bits per heavy atom. The molecule has 0 amide bonds. The zero-order valence-electron chi connectivity index (χ0n) is 13.9. The minimum absolute atomic E-state index is 0.489. The van der Waals surface area contributed by atoms with Gasteiger partial charge in [-0.15, -0.1) is 0 Å². The summed E-state index contributed by atoms with van der Waals surface area (Å²) in [6.07, 6.45) is 15.4. The lowest BCUT2D eigenvalue weighted by Gasteiger charge is -2.36. The van der Waals surface area contributed by atoms with Crippen LogP contribution in [0.2, 0.25) is 0 Å². The predicted molar refractivity (Wildman–Crippen MR) is 90.0 cm³/mol. The van der Waals surface area contributed by atoms with Crippen molar-refractivity contribution in [1.82, 2.24) is 24.4 Å². The van der Waals surface area contributed by atoms with Gasteiger partial charge in [-0.25, -0.2) is 4.98 Å². The standard InChI is InChI=1S/C18H25N5/c1-22-13-19-11-16(22)18-17(20-8-9-21-18)14-5-4-10-23(12-14)15-6-2-3-7-15/h8-9,11,13-15H,2-7,10,12H2,1H3/t14-/m1/s1. The van der Waals surface area contributed by atoms with Gasteiger partial charge in [0.1, 0.15) is 5.69 Å². The molecule has 0 radical (unpaired) electrons. The average Bonchev–Trinajstić information content (AvgIpc) is 3.26. The van der Waals surface area contributed by atoms with Crippen LogP contribution in [-0.4, -0.2) is 43.6 Å². The van der Waals surface area contributed by atoms with Crippen molar-refractivity contribution in [3.8, 4) is 11.4 Å². The van der Waals surface area contributed by atoms with Gasteiger partial charge in [-0.2, -0.15) is 0 Å². The van der Waals surface area contributed by atoms with Gasteiger partial charge in [0.2, 0.25) is 0 Å². The molecule has 4 rings (SSSR count). The minimum atomic E-state index is 0.489. The van der Waals surface area contributed by atoms with Crippen LogP contribution < -0.4 is 0 Å². The fourth-order valence-electron chi connectivity index (χ4n) is 4.26. The Labute approximate surface area is 137 Å². The molecule has 0 spiro atoms. The van der Waals surface area contributed by atoms with E-state index < -0.39 is 0 Å². The summed E-state index contributed by atoms with van der Waals surface area (Å²) < 4.78 is 2.03. The molecule has 2 aromatic rings. The van der Waals surface area contributed by atoms with Gasteiger partial charge in [-0.1, -0.05) is 12.8 Å². The van der Waals surface area contributed by atoms with E-state index in [1.165, 1.54) is 45.1 Å². The van der Waals surface area contributed by atoms with Crippen LogP contribution in [0.1, 0.15) is 50.1 Å². The Balaban J connectivity index is 1.61. The second-order valence-electron chi connectivity index (χ2n) is 6.95. The van der Waals surface area contributed by atoms with Gasteiger partial charge in [-0.05, 0) is 32.2 Å². The maximum Gasteiger partial charge on any atom is 0.110 e. The number of rotatable bonds is 3. The third-order valence-electron chi connectivity index (χ3n) is 5.47. The number of piperidine rings is 1. The predicted octanol–water partition coefficient (Wildman–Crippen LogP) is 3.00. The van der Waals surface area contributed by atoms with Crippen molar-refractivity contribution in [3.05, 3.63) is 30.6 Å². The van der Waals surface area contributed by atoms with Crippen molar-refractivity contribution >= 4 is 0 Å². The lowest BCUT2D eigenvalue weighted by molar-refractivity contribution is 0.149. The number of hydrogen-bond acceptors (Lipinski definition) is 4. The van der Waals surface area contributed by atoms with Crippen LogP contribution in [0.25, 0.3) is 11.4 Å². The highest BCUT2D eigenvalue weighted by molar-refractivity contribution is 5.57. The molecule has 3 heterocycles. The number of imidazole rings is 1. The normalized spacial score (nSPS) is 23.4. The van der Waals surface area contributed by atoms with Crippen molar-refractivity contribution in [2.45, 2.75) is 50.5 Å². The van der Waals surface area contributed by atoms with Gasteiger partial charge in [0, 0.05) is 37.9 Å². The molecule has 1 aliphatic carbocycles. The molecule has 2 aliphatic rings. The summed E-state index contributed by atoms with van der Waals surface area (Å²) in [5.74, 6) is 0.489. The Morgan fingerprint density at radius 2 is 1.87 bits per heavy atom. The first-order chi connectivity index (χ1) is 11.3. The topological polar surface area (TPSA) is 46.8 Å². The average molecular weight is 311 g/mol. The highest BCUT2D eigenvalue weighted by atomic mass is 15.2. The molecule has 5 heteroatoms. The Morgan fingerprint density at radius 3 is 2.65 bits per heavy atom. The van der Waals surface area contributed by atoms with Crippen molar-refractivity contribution < 1.29 is 0 Å². The van der Waals surface area contributed by atoms with Gasteiger partial charge >= 0.3 is 0 Å². The van der Waals surface area contributed by atoms with E-state index >= 15 is 0 Å². The summed E-state index contributed by atoms with van der Waals surface area (Å²) >= 11 is 0. The Kier molecular flexibility index (Phi) is 4.12. The zero-order chi connectivity index (χ0) is 15.6. The first kappa shape index (κ1) is 14.8. The van der Waals surface area contributed by atoms with Gasteiger partial charge in [0.25, 0.3) is 0 Å². The first-order valence-corrected chi connectivity index (χ1v) is 8.84. The maximum atomic E-state index is 4.73. The number of nitrogens with zero attached hydrogens (tertiary/aromatic N) is 5. The summed E-state index contributed by atoms with van der Waals surface area (Å²) in [6.45, 7) is 2.39. The van der Waals surface area contributed by atoms with Crippen LogP contribution in [0, 0.1) is 0 Å². The number of likely N-dealkylation sites (tertiary alicyclic amines) is 1. The third-order valence-corrected chi connectivity index (χ3v) is 5.47. The van der Waals surface area contributed by atoms with Crippen LogP contribution in [0.4, 0.5) is 0 Å². The Bertz CT molecular complexity index is 659. The van der Waals surface area contributed by atoms with E-state index in [0.29, 0.717) is 5.92 Å². The summed E-state index contributed by atoms with van der Waals surface area (Å²) in [5, 5.41) is 0. The second kappa shape index (κ2) is 6.40. The summed E-state index contributed by atoms with van der Waals surface area (Å²) in [7, 11) is 2.02. The molecular weight excluding hydrogens is 286 g/mol. The molecule has 2 fully saturated rings. The van der Waals surface area contributed by atoms with Crippen LogP contribution in [-0.2, 0) is 7.05 Å². The lowest BCUT2D eigenvalue weighted by Crippen LogP contribution is -2.41. The molecule has 122 valence electrons. The summed E-state index contributed by atoms with van der Waals surface area (Å²) in [4.78, 5) is 16.3. The van der Waals surface area contributed by atoms with E-state index in [-0.39, 0.29) is 0 Å². The number of aromatic nitrogens is 4. The van der Waals surface area contributed by atoms with Gasteiger partial charge in [0.05, 0.1) is 23.9 Å². The van der Waals surface area contributed by atoms with E-state index in [0.717, 1.165) is 29.7 Å². The maximum absolute atomic E-state index is 4.73. The van der Waals surface area contributed by atoms with Crippen molar-refractivity contribution in [2.75, 3.05) is 13.1 Å². The monoisotopic (exact) mass is 311 g/mol. The first-order valence-electron chi connectivity index (χ1n) is 8.84. The summed E-state index contributed by atoms with van der Waals surface area (Å²) in [5.41, 5.74) is 3.22. The highest BCUT2D eigenvalue weighted by Gasteiger charge is 2.30. The molecule has 1 saturated carbocycles. The SMILES string of the molecule is Cn1cncc1-c1nccnc1[C@@H]1CCCN(C2CCCC2)C1. The molecule has 0 unspecified atom stereocenters. The van der Waals surface area contributed by atoms with Crippen molar-refractivity contribution in [2.24, 2.45) is 7.05 Å². The third kappa shape index (κ3) is 2.90. The van der Waals surface area contributed by atoms with E-state index in [1.807, 2.05) is 30.3 Å². The largest absolute Gasteiger partial charge is 0.332 e. The van der Waals surface area contributed by atoms with Crippen LogP contribution in [0.3, 0.4) is 0 Å². The van der Waals surface area contributed by atoms with Gasteiger partial charge in [-0.3, -0.25) is 14.9 Å². The molecule has 1 saturated heterocycles. The molecule has 1 atom stereocenters. The van der Waals surface area contributed by atoms with Gasteiger partial charge < -0.3 is 4.57 Å². The van der Waals surface area contributed by atoms with Gasteiger partial charge in [0.15, 0.2) is 0 Å². The zero-order valence-corrected chi connectivity index (χ0v) is 13.9. The number of aryl methyl sites for hydroxylation is 1. The molecule has 0 aromatic carbocycles. The quantitative estimate of drug-likeness (QED) is 0.874. The van der Waals surface area contributed by atoms with Crippen molar-refractivity contribution in [1.29, 1.82) is 0 Å². The second-order valence-corrected chi connectivity index (χ2v) is 6.95. The minimum Gasteiger partial charge on any atom is -0.332 e. The van der Waals surface area contributed by atoms with E-state index in [9.17, 15) is 0 Å². The molecule has 1 aliphatic heterocycles. The van der Waals surface area contributed by atoms with Crippen LogP contribution >= 0.6 is 0 Å². The molecule has 2 aromatic heterocycles. The highest BCUT2D eigenvalue weighted by Crippen LogP contribution is 2.34. The number of hydrogen-bond donors (Lipinski definition) is 0. The van der Waals surface area contributed by atoms with Crippen molar-refractivity contribution in [3.63, 3.8) is 0 Å². The fourth-order valence-corrected chi connectivity index (χ4v) is 4.26. The summed E-state index contributed by atoms with van der Waals surface area (Å²) in [6, 6.07) is 0.801.